The van der Waals surface area contributed by atoms with Crippen LogP contribution in [0.4, 0.5) is 0 Å². The van der Waals surface area contributed by atoms with Crippen LogP contribution in [0.5, 0.6) is 11.5 Å². The van der Waals surface area contributed by atoms with Gasteiger partial charge in [-0.3, -0.25) is 4.79 Å². The average Bonchev–Trinajstić information content (AvgIpc) is 2.95. The number of hydrogen-bond donors (Lipinski definition) is 0. The van der Waals surface area contributed by atoms with Crippen molar-refractivity contribution in [3.63, 3.8) is 0 Å². The fraction of sp³-hybridized carbons (Fsp3) is 0.444. The number of carbonyl (C=O) groups is 1. The standard InChI is InChI=1S/C18H25N3O5S/c1-6-20(7-2)27(23,24)18-13(3)19-21(14(18)4)17(22)12-26-16-10-8-15(25-5)9-11-16/h8-11H,6-7,12H2,1-5H3. The lowest BCUT2D eigenvalue weighted by atomic mass is 10.3. The molecule has 0 saturated carbocycles. The third-order valence-electron chi connectivity index (χ3n) is 4.19. The van der Waals surface area contributed by atoms with Crippen LogP contribution in [0.3, 0.4) is 0 Å². The molecule has 148 valence electrons. The molecule has 1 aromatic carbocycles. The van der Waals surface area contributed by atoms with Crippen LogP contribution in [0.15, 0.2) is 29.2 Å². The predicted octanol–water partition coefficient (Wildman–Crippen LogP) is 2.26. The molecule has 0 saturated heterocycles. The van der Waals surface area contributed by atoms with Crippen LogP contribution in [0.2, 0.25) is 0 Å². The normalized spacial score (nSPS) is 11.6. The minimum atomic E-state index is -3.71. The molecular formula is C18H25N3O5S. The Balaban J connectivity index is 2.22. The Labute approximate surface area is 159 Å². The Hall–Kier alpha value is -2.39. The summed E-state index contributed by atoms with van der Waals surface area (Å²) < 4.78 is 38.6. The van der Waals surface area contributed by atoms with Crippen LogP contribution in [-0.2, 0) is 10.0 Å². The number of methoxy groups -OCH3 is 1. The number of rotatable bonds is 8. The minimum absolute atomic E-state index is 0.0731. The van der Waals surface area contributed by atoms with E-state index in [1.165, 1.54) is 4.31 Å². The van der Waals surface area contributed by atoms with Crippen molar-refractivity contribution in [2.24, 2.45) is 0 Å². The van der Waals surface area contributed by atoms with Gasteiger partial charge in [0.1, 0.15) is 16.4 Å². The number of benzene rings is 1. The Morgan fingerprint density at radius 1 is 1.11 bits per heavy atom. The van der Waals surface area contributed by atoms with Crippen LogP contribution < -0.4 is 9.47 Å². The van der Waals surface area contributed by atoms with Gasteiger partial charge in [0.15, 0.2) is 6.61 Å². The Morgan fingerprint density at radius 2 is 1.67 bits per heavy atom. The van der Waals surface area contributed by atoms with Gasteiger partial charge in [0.2, 0.25) is 10.0 Å². The van der Waals surface area contributed by atoms with Gasteiger partial charge in [-0.1, -0.05) is 13.8 Å². The van der Waals surface area contributed by atoms with Crippen molar-refractivity contribution in [1.82, 2.24) is 14.1 Å². The number of aryl methyl sites for hydroxylation is 1. The molecule has 0 radical (unpaired) electrons. The van der Waals surface area contributed by atoms with Crippen molar-refractivity contribution in [3.05, 3.63) is 35.7 Å². The van der Waals surface area contributed by atoms with Crippen molar-refractivity contribution in [2.45, 2.75) is 32.6 Å². The highest BCUT2D eigenvalue weighted by molar-refractivity contribution is 7.89. The van der Waals surface area contributed by atoms with Gasteiger partial charge in [0, 0.05) is 13.1 Å². The first-order valence-electron chi connectivity index (χ1n) is 8.62. The van der Waals surface area contributed by atoms with Gasteiger partial charge in [-0.2, -0.15) is 9.40 Å². The number of sulfonamides is 1. The van der Waals surface area contributed by atoms with Crippen LogP contribution in [0, 0.1) is 13.8 Å². The molecule has 0 bridgehead atoms. The van der Waals surface area contributed by atoms with Crippen LogP contribution in [-0.4, -0.2) is 55.2 Å². The third kappa shape index (κ3) is 4.30. The topological polar surface area (TPSA) is 90.7 Å². The summed E-state index contributed by atoms with van der Waals surface area (Å²) in [5.41, 5.74) is 0.569. The summed E-state index contributed by atoms with van der Waals surface area (Å²) in [5.74, 6) is 0.729. The van der Waals surface area contributed by atoms with E-state index in [0.29, 0.717) is 24.6 Å². The summed E-state index contributed by atoms with van der Waals surface area (Å²) in [6.07, 6.45) is 0. The van der Waals surface area contributed by atoms with Gasteiger partial charge in [0.25, 0.3) is 5.91 Å². The Morgan fingerprint density at radius 3 is 2.19 bits per heavy atom. The maximum absolute atomic E-state index is 12.8. The Kier molecular flexibility index (Phi) is 6.61. The third-order valence-corrected chi connectivity index (χ3v) is 6.49. The molecular weight excluding hydrogens is 370 g/mol. The second-order valence-corrected chi connectivity index (χ2v) is 7.73. The zero-order valence-corrected chi connectivity index (χ0v) is 17.0. The molecule has 0 aliphatic carbocycles. The molecule has 1 aromatic heterocycles. The SMILES string of the molecule is CCN(CC)S(=O)(=O)c1c(C)nn(C(=O)COc2ccc(OC)cc2)c1C. The van der Waals surface area contributed by atoms with Gasteiger partial charge in [0.05, 0.1) is 18.5 Å². The maximum atomic E-state index is 12.8. The van der Waals surface area contributed by atoms with Crippen molar-refractivity contribution in [2.75, 3.05) is 26.8 Å². The predicted molar refractivity (Wildman–Crippen MR) is 101 cm³/mol. The summed E-state index contributed by atoms with van der Waals surface area (Å²) in [6.45, 7) is 7.11. The first kappa shape index (κ1) is 20.9. The quantitative estimate of drug-likeness (QED) is 0.681. The van der Waals surface area contributed by atoms with E-state index in [-0.39, 0.29) is 22.9 Å². The molecule has 27 heavy (non-hydrogen) atoms. The molecule has 2 rings (SSSR count). The molecule has 0 aliphatic rings. The van der Waals surface area contributed by atoms with Crippen molar-refractivity contribution >= 4 is 15.9 Å². The van der Waals surface area contributed by atoms with Gasteiger partial charge in [-0.15, -0.1) is 0 Å². The highest BCUT2D eigenvalue weighted by atomic mass is 32.2. The van der Waals surface area contributed by atoms with E-state index in [1.54, 1.807) is 59.1 Å². The molecule has 0 fully saturated rings. The lowest BCUT2D eigenvalue weighted by Crippen LogP contribution is -2.31. The van der Waals surface area contributed by atoms with E-state index in [0.717, 1.165) is 4.68 Å². The molecule has 0 amide bonds. The second-order valence-electron chi connectivity index (χ2n) is 5.86. The molecule has 1 heterocycles. The number of ether oxygens (including phenoxy) is 2. The van der Waals surface area contributed by atoms with E-state index < -0.39 is 15.9 Å². The number of carbonyl (C=O) groups excluding carboxylic acids is 1. The summed E-state index contributed by atoms with van der Waals surface area (Å²) in [7, 11) is -2.15. The van der Waals surface area contributed by atoms with Gasteiger partial charge in [-0.05, 0) is 38.1 Å². The van der Waals surface area contributed by atoms with E-state index >= 15 is 0 Å². The van der Waals surface area contributed by atoms with Gasteiger partial charge >= 0.3 is 0 Å². The van der Waals surface area contributed by atoms with Crippen LogP contribution >= 0.6 is 0 Å². The zero-order chi connectivity index (χ0) is 20.2. The highest BCUT2D eigenvalue weighted by Crippen LogP contribution is 2.23. The summed E-state index contributed by atoms with van der Waals surface area (Å²) in [4.78, 5) is 12.6. The number of hydrogen-bond acceptors (Lipinski definition) is 6. The first-order chi connectivity index (χ1) is 12.8. The molecule has 8 nitrogen and oxygen atoms in total. The summed E-state index contributed by atoms with van der Waals surface area (Å²) in [5, 5.41) is 4.13. The molecule has 0 atom stereocenters. The molecule has 0 unspecified atom stereocenters. The monoisotopic (exact) mass is 395 g/mol. The highest BCUT2D eigenvalue weighted by Gasteiger charge is 2.30. The smallest absolute Gasteiger partial charge is 0.285 e. The molecule has 0 N–H and O–H groups in total. The summed E-state index contributed by atoms with van der Waals surface area (Å²) >= 11 is 0. The van der Waals surface area contributed by atoms with E-state index in [9.17, 15) is 13.2 Å². The average molecular weight is 395 g/mol. The first-order valence-corrected chi connectivity index (χ1v) is 10.1. The van der Waals surface area contributed by atoms with E-state index in [2.05, 4.69) is 5.10 Å². The molecule has 0 spiro atoms. The van der Waals surface area contributed by atoms with E-state index in [4.69, 9.17) is 9.47 Å². The minimum Gasteiger partial charge on any atom is -0.497 e. The lowest BCUT2D eigenvalue weighted by molar-refractivity contribution is 0.0818. The van der Waals surface area contributed by atoms with Crippen molar-refractivity contribution in [3.8, 4) is 11.5 Å². The molecule has 2 aromatic rings. The van der Waals surface area contributed by atoms with Crippen molar-refractivity contribution in [1.29, 1.82) is 0 Å². The fourth-order valence-corrected chi connectivity index (χ4v) is 4.63. The largest absolute Gasteiger partial charge is 0.497 e. The van der Waals surface area contributed by atoms with Crippen LogP contribution in [0.1, 0.15) is 30.0 Å². The number of aromatic nitrogens is 2. The number of nitrogens with zero attached hydrogens (tertiary/aromatic N) is 3. The van der Waals surface area contributed by atoms with E-state index in [1.807, 2.05) is 0 Å². The van der Waals surface area contributed by atoms with Gasteiger partial charge in [-0.25, -0.2) is 13.1 Å². The summed E-state index contributed by atoms with van der Waals surface area (Å²) in [6, 6.07) is 6.81. The molecule has 0 aliphatic heterocycles. The van der Waals surface area contributed by atoms with Gasteiger partial charge < -0.3 is 9.47 Å². The molecule has 9 heteroatoms. The Bertz CT molecular complexity index is 900. The van der Waals surface area contributed by atoms with Crippen LogP contribution in [0.25, 0.3) is 0 Å². The maximum Gasteiger partial charge on any atom is 0.285 e. The van der Waals surface area contributed by atoms with Crippen molar-refractivity contribution < 1.29 is 22.7 Å². The fourth-order valence-electron chi connectivity index (χ4n) is 2.82. The zero-order valence-electron chi connectivity index (χ0n) is 16.2. The second kappa shape index (κ2) is 8.53. The lowest BCUT2D eigenvalue weighted by Gasteiger charge is -2.18.